The zero-order valence-corrected chi connectivity index (χ0v) is 39.4. The predicted molar refractivity (Wildman–Crippen MR) is 227 cm³/mol. The van der Waals surface area contributed by atoms with Crippen LogP contribution in [0.1, 0.15) is 94.9 Å². The summed E-state index contributed by atoms with van der Waals surface area (Å²) in [6.45, 7) is 15.8. The molecule has 65 heavy (non-hydrogen) atoms. The Labute approximate surface area is 379 Å². The SMILES string of the molecule is CN(C(=O)OC(C)(C)C)[C@@H]1[C@@H](O)[C@@H](O[C@@H]2[C@H](O)[C@H](ON(C(=O)O)[C@@H]3CC[C@@H](CNCCO)OC3)[C@@H](NC(=O)OC(C)(C)C)C[C@H]2NC(=O)C(O)CCNC(=O)OC(C)(C)C)OC[C@]1(C)O. The van der Waals surface area contributed by atoms with Gasteiger partial charge in [-0.05, 0) is 94.9 Å². The molecule has 12 atom stereocenters. The number of alkyl carbamates (subject to hydrolysis) is 2. The van der Waals surface area contributed by atoms with E-state index in [2.05, 4.69) is 21.3 Å². The number of hydrogen-bond donors (Lipinski definition) is 10. The van der Waals surface area contributed by atoms with E-state index in [0.29, 0.717) is 24.6 Å². The van der Waals surface area contributed by atoms with E-state index < -0.39 is 120 Å². The van der Waals surface area contributed by atoms with Crippen molar-refractivity contribution in [3.8, 4) is 0 Å². The molecule has 2 heterocycles. The summed E-state index contributed by atoms with van der Waals surface area (Å²) in [6, 6.07) is -5.07. The van der Waals surface area contributed by atoms with E-state index in [1.54, 1.807) is 62.3 Å². The van der Waals surface area contributed by atoms with Crippen LogP contribution in [0.15, 0.2) is 0 Å². The van der Waals surface area contributed by atoms with E-state index in [4.69, 9.17) is 38.4 Å². The molecule has 1 aliphatic carbocycles. The maximum atomic E-state index is 13.6. The number of nitrogens with zero attached hydrogens (tertiary/aromatic N) is 2. The fourth-order valence-electron chi connectivity index (χ4n) is 7.51. The van der Waals surface area contributed by atoms with E-state index in [1.807, 2.05) is 0 Å². The first-order valence-electron chi connectivity index (χ1n) is 21.8. The zero-order valence-electron chi connectivity index (χ0n) is 39.4. The van der Waals surface area contributed by atoms with Crippen molar-refractivity contribution in [2.75, 3.05) is 46.5 Å². The van der Waals surface area contributed by atoms with Gasteiger partial charge >= 0.3 is 24.4 Å². The number of carboxylic acid groups (broad SMARTS) is 1. The topological polar surface area (TPSA) is 326 Å². The molecular weight excluding hydrogens is 864 g/mol. The maximum Gasteiger partial charge on any atom is 0.431 e. The van der Waals surface area contributed by atoms with Gasteiger partial charge in [0.05, 0.1) is 50.1 Å². The Hall–Kier alpha value is -3.85. The fourth-order valence-corrected chi connectivity index (χ4v) is 7.51. The van der Waals surface area contributed by atoms with Gasteiger partial charge in [-0.25, -0.2) is 19.2 Å². The lowest BCUT2D eigenvalue weighted by molar-refractivity contribution is -0.317. The largest absolute Gasteiger partial charge is 0.463 e. The highest BCUT2D eigenvalue weighted by atomic mass is 16.7. The molecule has 0 spiro atoms. The number of nitrogens with one attached hydrogen (secondary N) is 4. The monoisotopic (exact) mass is 939 g/mol. The van der Waals surface area contributed by atoms with Crippen molar-refractivity contribution < 1.29 is 87.9 Å². The molecule has 0 aromatic heterocycles. The van der Waals surface area contributed by atoms with Gasteiger partial charge in [-0.3, -0.25) is 9.63 Å². The summed E-state index contributed by atoms with van der Waals surface area (Å²) in [5.41, 5.74) is -4.67. The van der Waals surface area contributed by atoms with Gasteiger partial charge < -0.3 is 85.2 Å². The molecule has 376 valence electrons. The van der Waals surface area contributed by atoms with Crippen LogP contribution in [0.5, 0.6) is 0 Å². The Bertz CT molecular complexity index is 1580. The minimum atomic E-state index is -1.98. The molecule has 0 aromatic carbocycles. The Morgan fingerprint density at radius 1 is 0.831 bits per heavy atom. The third-order valence-corrected chi connectivity index (χ3v) is 10.3. The number of amides is 5. The number of aliphatic hydroxyl groups is 5. The molecule has 2 saturated heterocycles. The van der Waals surface area contributed by atoms with E-state index in [1.165, 1.54) is 14.0 Å². The standard InChI is InChI=1S/C41H74N6O18/c1-38(2,3)62-34(53)43-15-14-26(49)32(52)44-24-18-25(45-35(54)63-39(4,5)6)30(65-47(36(55)56)22-12-13-23(59-20-22)19-42-16-17-48)27(50)29(24)61-33-28(51)31(41(10,58)21-60-33)46(11)37(57)64-40(7,8)9/h22-31,33,42,48-51,58H,12-21H2,1-11H3,(H,43,53)(H,44,52)(H,45,54)(H,55,56)/t22-,23+,24-,25+,26?,27+,28-,29+,30-,31-,33-,41+/m1/s1. The van der Waals surface area contributed by atoms with E-state index >= 15 is 0 Å². The van der Waals surface area contributed by atoms with E-state index in [9.17, 15) is 49.5 Å². The first kappa shape index (κ1) is 55.5. The summed E-state index contributed by atoms with van der Waals surface area (Å²) in [6.07, 6.45) is -15.3. The highest BCUT2D eigenvalue weighted by molar-refractivity contribution is 5.81. The molecule has 3 fully saturated rings. The minimum Gasteiger partial charge on any atom is -0.463 e. The van der Waals surface area contributed by atoms with Crippen molar-refractivity contribution in [3.05, 3.63) is 0 Å². The van der Waals surface area contributed by atoms with Crippen LogP contribution in [0, 0.1) is 0 Å². The Morgan fingerprint density at radius 3 is 1.98 bits per heavy atom. The van der Waals surface area contributed by atoms with Crippen LogP contribution < -0.4 is 21.3 Å². The number of hydroxylamine groups is 2. The number of carbonyl (C=O) groups excluding carboxylic acids is 4. The summed E-state index contributed by atoms with van der Waals surface area (Å²) >= 11 is 0. The highest BCUT2D eigenvalue weighted by Gasteiger charge is 2.55. The third kappa shape index (κ3) is 17.4. The van der Waals surface area contributed by atoms with Crippen molar-refractivity contribution >= 4 is 30.3 Å². The molecule has 3 rings (SSSR count). The van der Waals surface area contributed by atoms with Gasteiger partial charge in [0.25, 0.3) is 0 Å². The number of likely N-dealkylation sites (N-methyl/N-ethyl adjacent to an activating group) is 1. The van der Waals surface area contributed by atoms with Crippen LogP contribution in [0.4, 0.5) is 19.2 Å². The molecule has 0 bridgehead atoms. The van der Waals surface area contributed by atoms with Crippen molar-refractivity contribution in [2.45, 2.75) is 184 Å². The normalized spacial score (nSPS) is 30.3. The Balaban J connectivity index is 2.02. The van der Waals surface area contributed by atoms with Crippen molar-refractivity contribution in [3.63, 3.8) is 0 Å². The summed E-state index contributed by atoms with van der Waals surface area (Å²) in [4.78, 5) is 72.3. The van der Waals surface area contributed by atoms with Crippen molar-refractivity contribution in [1.82, 2.24) is 31.2 Å². The van der Waals surface area contributed by atoms with Crippen LogP contribution in [0.2, 0.25) is 0 Å². The van der Waals surface area contributed by atoms with Gasteiger partial charge in [-0.15, -0.1) is 0 Å². The second kappa shape index (κ2) is 23.2. The quantitative estimate of drug-likeness (QED) is 0.0549. The van der Waals surface area contributed by atoms with Gasteiger partial charge in [0, 0.05) is 26.7 Å². The number of ether oxygens (including phenoxy) is 6. The molecule has 10 N–H and O–H groups in total. The van der Waals surface area contributed by atoms with Gasteiger partial charge in [0.15, 0.2) is 6.29 Å². The summed E-state index contributed by atoms with van der Waals surface area (Å²) < 4.78 is 34.1. The average Bonchev–Trinajstić information content (AvgIpc) is 3.15. The molecule has 3 aliphatic rings. The van der Waals surface area contributed by atoms with Crippen LogP contribution in [0.3, 0.4) is 0 Å². The molecular formula is C41H74N6O18. The first-order valence-corrected chi connectivity index (χ1v) is 21.8. The highest BCUT2D eigenvalue weighted by Crippen LogP contribution is 2.34. The molecule has 24 heteroatoms. The van der Waals surface area contributed by atoms with Gasteiger partial charge in [0.2, 0.25) is 5.91 Å². The van der Waals surface area contributed by atoms with Crippen molar-refractivity contribution in [2.24, 2.45) is 0 Å². The molecule has 0 radical (unpaired) electrons. The van der Waals surface area contributed by atoms with Crippen LogP contribution in [0.25, 0.3) is 0 Å². The molecule has 0 aromatic rings. The number of hydrogen-bond acceptors (Lipinski definition) is 18. The van der Waals surface area contributed by atoms with Crippen LogP contribution >= 0.6 is 0 Å². The molecule has 5 amide bonds. The van der Waals surface area contributed by atoms with Crippen LogP contribution in [-0.2, 0) is 38.1 Å². The maximum absolute atomic E-state index is 13.6. The summed E-state index contributed by atoms with van der Waals surface area (Å²) in [5.74, 6) is -1.01. The predicted octanol–water partition coefficient (Wildman–Crippen LogP) is -0.0966. The third-order valence-electron chi connectivity index (χ3n) is 10.3. The molecule has 24 nitrogen and oxygen atoms in total. The lowest BCUT2D eigenvalue weighted by atomic mass is 9.83. The number of aliphatic hydroxyl groups excluding tert-OH is 4. The minimum absolute atomic E-state index is 0.0856. The fraction of sp³-hybridized carbons (Fsp3) is 0.878. The van der Waals surface area contributed by atoms with Gasteiger partial charge in [-0.2, -0.15) is 5.06 Å². The lowest BCUT2D eigenvalue weighted by Crippen LogP contribution is -2.71. The average molecular weight is 939 g/mol. The summed E-state index contributed by atoms with van der Waals surface area (Å²) in [7, 11) is 1.29. The lowest BCUT2D eigenvalue weighted by Gasteiger charge is -2.50. The zero-order chi connectivity index (χ0) is 49.2. The van der Waals surface area contributed by atoms with Crippen LogP contribution in [-0.4, -0.2) is 207 Å². The summed E-state index contributed by atoms with van der Waals surface area (Å²) in [5, 5.41) is 77.2. The van der Waals surface area contributed by atoms with Gasteiger partial charge in [0.1, 0.15) is 52.9 Å². The smallest absolute Gasteiger partial charge is 0.431 e. The first-order chi connectivity index (χ1) is 29.9. The Morgan fingerprint density at radius 2 is 1.43 bits per heavy atom. The number of rotatable bonds is 16. The second-order valence-electron chi connectivity index (χ2n) is 19.8. The molecule has 1 unspecified atom stereocenters. The second-order valence-corrected chi connectivity index (χ2v) is 19.8. The molecule has 1 saturated carbocycles. The van der Waals surface area contributed by atoms with E-state index in [0.717, 1.165) is 4.90 Å². The number of carbonyl (C=O) groups is 5. The van der Waals surface area contributed by atoms with E-state index in [-0.39, 0.29) is 45.1 Å². The van der Waals surface area contributed by atoms with Gasteiger partial charge in [-0.1, -0.05) is 0 Å². The van der Waals surface area contributed by atoms with Crippen molar-refractivity contribution in [1.29, 1.82) is 0 Å². The molecule has 2 aliphatic heterocycles. The Kier molecular flexibility index (Phi) is 19.8.